The maximum absolute atomic E-state index is 13.7. The molecule has 1 aliphatic carbocycles. The minimum Gasteiger partial charge on any atom is -0.395 e. The monoisotopic (exact) mass is 516 g/mol. The van der Waals surface area contributed by atoms with E-state index in [0.717, 1.165) is 48.7 Å². The summed E-state index contributed by atoms with van der Waals surface area (Å²) in [6.45, 7) is 2.10. The fourth-order valence-electron chi connectivity index (χ4n) is 4.99. The highest BCUT2D eigenvalue weighted by atomic mass is 35.5. The molecule has 3 atom stereocenters. The largest absolute Gasteiger partial charge is 0.395 e. The number of aliphatic hydroxyl groups is 1. The third-order valence-electron chi connectivity index (χ3n) is 6.77. The van der Waals surface area contributed by atoms with Gasteiger partial charge in [0.2, 0.25) is 0 Å². The van der Waals surface area contributed by atoms with Crippen LogP contribution in [0.25, 0.3) is 0 Å². The maximum Gasteiger partial charge on any atom is 0.313 e. The molecule has 1 saturated heterocycles. The molecular formula is C25H30ClFN6O3. The van der Waals surface area contributed by atoms with Gasteiger partial charge in [-0.15, -0.1) is 0 Å². The molecule has 1 aliphatic heterocycles. The number of nitrogens with two attached hydrogens (primary N) is 2. The van der Waals surface area contributed by atoms with Crippen LogP contribution in [0.5, 0.6) is 0 Å². The number of likely N-dealkylation sites (tertiary alicyclic amines) is 1. The zero-order chi connectivity index (χ0) is 25.8. The quantitative estimate of drug-likeness (QED) is 0.215. The van der Waals surface area contributed by atoms with Gasteiger partial charge >= 0.3 is 11.8 Å². The summed E-state index contributed by atoms with van der Waals surface area (Å²) in [6, 6.07) is 9.52. The average molecular weight is 517 g/mol. The molecule has 0 radical (unpaired) electrons. The summed E-state index contributed by atoms with van der Waals surface area (Å²) in [5, 5.41) is 14.7. The summed E-state index contributed by atoms with van der Waals surface area (Å²) in [6.07, 6.45) is 2.68. The van der Waals surface area contributed by atoms with E-state index in [0.29, 0.717) is 6.42 Å². The van der Waals surface area contributed by atoms with Crippen LogP contribution in [0.2, 0.25) is 5.02 Å². The van der Waals surface area contributed by atoms with Crippen LogP contribution in [-0.4, -0.2) is 53.5 Å². The highest BCUT2D eigenvalue weighted by Crippen LogP contribution is 2.37. The fourth-order valence-corrected chi connectivity index (χ4v) is 5.11. The van der Waals surface area contributed by atoms with Crippen molar-refractivity contribution in [1.82, 2.24) is 10.2 Å². The number of nitrogens with zero attached hydrogens (tertiary/aromatic N) is 2. The van der Waals surface area contributed by atoms with Gasteiger partial charge in [0.25, 0.3) is 0 Å². The minimum atomic E-state index is -0.925. The van der Waals surface area contributed by atoms with Crippen molar-refractivity contribution in [2.45, 2.75) is 37.9 Å². The Hall–Kier alpha value is -3.21. The van der Waals surface area contributed by atoms with Crippen LogP contribution < -0.4 is 22.1 Å². The lowest BCUT2D eigenvalue weighted by atomic mass is 10.00. The Morgan fingerprint density at radius 3 is 2.72 bits per heavy atom. The molecule has 2 aliphatic rings. The normalized spacial score (nSPS) is 21.1. The predicted molar refractivity (Wildman–Crippen MR) is 136 cm³/mol. The number of benzene rings is 2. The maximum atomic E-state index is 13.7. The number of anilines is 1. The van der Waals surface area contributed by atoms with Crippen LogP contribution in [0.4, 0.5) is 10.1 Å². The average Bonchev–Trinajstić information content (AvgIpc) is 3.43. The van der Waals surface area contributed by atoms with Crippen molar-refractivity contribution in [3.63, 3.8) is 0 Å². The van der Waals surface area contributed by atoms with E-state index in [-0.39, 0.29) is 41.8 Å². The molecule has 2 aromatic rings. The number of guanidine groups is 1. The van der Waals surface area contributed by atoms with E-state index in [9.17, 15) is 19.1 Å². The molecule has 2 amide bonds. The Bertz CT molecular complexity index is 1170. The Morgan fingerprint density at radius 1 is 1.19 bits per heavy atom. The molecule has 4 rings (SSSR count). The molecule has 192 valence electrons. The van der Waals surface area contributed by atoms with Gasteiger partial charge in [-0.1, -0.05) is 29.8 Å². The fraction of sp³-hybridized carbons (Fsp3) is 0.400. The van der Waals surface area contributed by atoms with Crippen molar-refractivity contribution < 1.29 is 19.1 Å². The van der Waals surface area contributed by atoms with Crippen LogP contribution in [-0.2, 0) is 22.6 Å². The van der Waals surface area contributed by atoms with Crippen molar-refractivity contribution in [3.05, 3.63) is 63.9 Å². The topological polar surface area (TPSA) is 146 Å². The van der Waals surface area contributed by atoms with Crippen LogP contribution in [0.3, 0.4) is 0 Å². The number of hydrogen-bond acceptors (Lipinski definition) is 5. The number of amides is 2. The number of aliphatic imine (C=N–C) groups is 1. The van der Waals surface area contributed by atoms with E-state index in [1.165, 1.54) is 12.1 Å². The summed E-state index contributed by atoms with van der Waals surface area (Å²) in [7, 11) is 0. The van der Waals surface area contributed by atoms with Gasteiger partial charge < -0.3 is 27.2 Å². The molecule has 1 heterocycles. The zero-order valence-corrected chi connectivity index (χ0v) is 20.5. The number of carbonyl (C=O) groups is 2. The van der Waals surface area contributed by atoms with Crippen molar-refractivity contribution >= 4 is 35.1 Å². The molecule has 0 bridgehead atoms. The number of halogens is 2. The van der Waals surface area contributed by atoms with Gasteiger partial charge in [0.15, 0.2) is 5.96 Å². The molecule has 11 heteroatoms. The van der Waals surface area contributed by atoms with Gasteiger partial charge in [-0.25, -0.2) is 4.39 Å². The van der Waals surface area contributed by atoms with Crippen molar-refractivity contribution in [2.75, 3.05) is 25.0 Å². The van der Waals surface area contributed by atoms with E-state index in [4.69, 9.17) is 23.1 Å². The summed E-state index contributed by atoms with van der Waals surface area (Å²) >= 11 is 5.67. The summed E-state index contributed by atoms with van der Waals surface area (Å²) in [4.78, 5) is 31.7. The van der Waals surface area contributed by atoms with Gasteiger partial charge in [0.05, 0.1) is 17.7 Å². The number of nitrogens with one attached hydrogen (secondary N) is 2. The standard InChI is InChI=1S/C25H30ClFN6O3/c26-20-6-4-17(10-21(20)27)31-23(35)24(36)32-22-16(11-30-25(28)29)9-15-8-14(3-5-19(15)22)12-33-7-1-2-18(33)13-34/h3-6,8,10,16,18,22,34H,1-2,7,9,11-13H2,(H,31,35)(H,32,36)(H4,28,29,30)/t16-,18-,22-/m1/s1. The molecule has 0 spiro atoms. The van der Waals surface area contributed by atoms with Crippen molar-refractivity contribution in [2.24, 2.45) is 22.4 Å². The Labute approximate surface area is 213 Å². The summed E-state index contributed by atoms with van der Waals surface area (Å²) in [5.41, 5.74) is 14.2. The molecule has 0 aromatic heterocycles. The molecule has 36 heavy (non-hydrogen) atoms. The van der Waals surface area contributed by atoms with Crippen LogP contribution in [0.15, 0.2) is 41.4 Å². The van der Waals surface area contributed by atoms with Gasteiger partial charge in [0.1, 0.15) is 5.82 Å². The number of rotatable bonds is 7. The van der Waals surface area contributed by atoms with E-state index in [1.807, 2.05) is 12.1 Å². The third-order valence-corrected chi connectivity index (χ3v) is 7.08. The number of aliphatic hydroxyl groups excluding tert-OH is 1. The SMILES string of the molecule is NC(N)=NC[C@H]1Cc2cc(CN3CCC[C@@H]3CO)ccc2[C@@H]1NC(=O)C(=O)Nc1ccc(Cl)c(F)c1. The first-order valence-electron chi connectivity index (χ1n) is 11.8. The minimum absolute atomic E-state index is 0.0525. The number of hydrogen-bond donors (Lipinski definition) is 5. The smallest absolute Gasteiger partial charge is 0.313 e. The van der Waals surface area contributed by atoms with Crippen LogP contribution >= 0.6 is 11.6 Å². The zero-order valence-electron chi connectivity index (χ0n) is 19.7. The second kappa shape index (κ2) is 11.2. The molecule has 7 N–H and O–H groups in total. The molecule has 0 saturated carbocycles. The van der Waals surface area contributed by atoms with Crippen LogP contribution in [0, 0.1) is 11.7 Å². The summed E-state index contributed by atoms with van der Waals surface area (Å²) in [5.74, 6) is -2.69. The third kappa shape index (κ3) is 5.95. The molecule has 1 fully saturated rings. The lowest BCUT2D eigenvalue weighted by Gasteiger charge is -2.23. The first-order valence-corrected chi connectivity index (χ1v) is 12.2. The number of carbonyl (C=O) groups excluding carboxylic acids is 2. The van der Waals surface area contributed by atoms with Gasteiger partial charge in [0, 0.05) is 30.7 Å². The molecule has 0 unspecified atom stereocenters. The van der Waals surface area contributed by atoms with Gasteiger partial charge in [-0.3, -0.25) is 19.5 Å². The molecule has 9 nitrogen and oxygen atoms in total. The van der Waals surface area contributed by atoms with Crippen molar-refractivity contribution in [3.8, 4) is 0 Å². The lowest BCUT2D eigenvalue weighted by molar-refractivity contribution is -0.136. The first kappa shape index (κ1) is 25.9. The van der Waals surface area contributed by atoms with Crippen LogP contribution in [0.1, 0.15) is 35.6 Å². The Kier molecular flexibility index (Phi) is 8.07. The predicted octanol–water partition coefficient (Wildman–Crippen LogP) is 1.68. The second-order valence-electron chi connectivity index (χ2n) is 9.25. The van der Waals surface area contributed by atoms with Gasteiger partial charge in [-0.05, 0) is 60.7 Å². The molecule has 2 aromatic carbocycles. The van der Waals surface area contributed by atoms with E-state index >= 15 is 0 Å². The van der Waals surface area contributed by atoms with E-state index in [2.05, 4.69) is 26.6 Å². The van der Waals surface area contributed by atoms with Gasteiger partial charge in [-0.2, -0.15) is 0 Å². The highest BCUT2D eigenvalue weighted by molar-refractivity contribution is 6.39. The van der Waals surface area contributed by atoms with E-state index in [1.54, 1.807) is 0 Å². The van der Waals surface area contributed by atoms with E-state index < -0.39 is 23.7 Å². The lowest BCUT2D eigenvalue weighted by Crippen LogP contribution is -2.40. The first-order chi connectivity index (χ1) is 17.2. The second-order valence-corrected chi connectivity index (χ2v) is 9.65. The summed E-state index contributed by atoms with van der Waals surface area (Å²) < 4.78 is 13.7. The molecular weight excluding hydrogens is 487 g/mol. The van der Waals surface area contributed by atoms with Crippen molar-refractivity contribution in [1.29, 1.82) is 0 Å². The Balaban J connectivity index is 1.49. The highest BCUT2D eigenvalue weighted by Gasteiger charge is 2.35. The number of fused-ring (bicyclic) bond motifs is 1. The Morgan fingerprint density at radius 2 is 2.00 bits per heavy atom.